The van der Waals surface area contributed by atoms with E-state index in [4.69, 9.17) is 0 Å². The van der Waals surface area contributed by atoms with Crippen molar-refractivity contribution in [3.05, 3.63) is 28.2 Å². The van der Waals surface area contributed by atoms with Crippen LogP contribution in [-0.2, 0) is 11.3 Å². The van der Waals surface area contributed by atoms with E-state index in [0.29, 0.717) is 11.6 Å². The van der Waals surface area contributed by atoms with E-state index in [1.54, 1.807) is 6.92 Å². The van der Waals surface area contributed by atoms with E-state index in [-0.39, 0.29) is 29.2 Å². The van der Waals surface area contributed by atoms with Crippen LogP contribution in [-0.4, -0.2) is 58.6 Å². The van der Waals surface area contributed by atoms with Crippen molar-refractivity contribution in [2.75, 3.05) is 33.2 Å². The molecule has 0 radical (unpaired) electrons. The molecule has 1 aromatic rings. The standard InChI is InChI=1S/C16H23N3O3/c1-11-4-13(20)5-14(21)19(11)8-15(22)18-7-12-6-17(3)9-16(12,2)10-18/h4-5,12,20H,6-10H2,1-3H3/t12-,16+/m1/s1. The molecule has 6 nitrogen and oxygen atoms in total. The van der Waals surface area contributed by atoms with Gasteiger partial charge in [0.05, 0.1) is 0 Å². The van der Waals surface area contributed by atoms with Crippen LogP contribution in [0.2, 0.25) is 0 Å². The maximum Gasteiger partial charge on any atom is 0.254 e. The predicted octanol–water partition coefficient (Wildman–Crippen LogP) is 0.272. The molecular formula is C16H23N3O3. The van der Waals surface area contributed by atoms with Crippen molar-refractivity contribution in [1.82, 2.24) is 14.4 Å². The molecule has 22 heavy (non-hydrogen) atoms. The summed E-state index contributed by atoms with van der Waals surface area (Å²) in [5.74, 6) is 0.436. The van der Waals surface area contributed by atoms with Crippen LogP contribution in [0.25, 0.3) is 0 Å². The number of hydrogen-bond donors (Lipinski definition) is 1. The average molecular weight is 305 g/mol. The highest BCUT2D eigenvalue weighted by molar-refractivity contribution is 5.76. The first kappa shape index (κ1) is 15.1. The summed E-state index contributed by atoms with van der Waals surface area (Å²) in [6.07, 6.45) is 0. The van der Waals surface area contributed by atoms with Gasteiger partial charge in [0, 0.05) is 43.4 Å². The number of carbonyl (C=O) groups is 1. The van der Waals surface area contributed by atoms with Gasteiger partial charge in [-0.25, -0.2) is 0 Å². The molecule has 0 aliphatic carbocycles. The van der Waals surface area contributed by atoms with Crippen molar-refractivity contribution in [2.45, 2.75) is 20.4 Å². The highest BCUT2D eigenvalue weighted by atomic mass is 16.3. The molecule has 0 spiro atoms. The molecule has 0 aromatic carbocycles. The van der Waals surface area contributed by atoms with Gasteiger partial charge in [0.15, 0.2) is 0 Å². The minimum Gasteiger partial charge on any atom is -0.508 e. The average Bonchev–Trinajstić information content (AvgIpc) is 2.83. The number of nitrogens with zero attached hydrogens (tertiary/aromatic N) is 3. The Bertz CT molecular complexity index is 669. The molecule has 2 fully saturated rings. The zero-order valence-electron chi connectivity index (χ0n) is 13.4. The fourth-order valence-electron chi connectivity index (χ4n) is 3.97. The number of aryl methyl sites for hydroxylation is 1. The molecule has 0 unspecified atom stereocenters. The Labute approximate surface area is 130 Å². The van der Waals surface area contributed by atoms with Crippen molar-refractivity contribution in [3.8, 4) is 5.75 Å². The Morgan fingerprint density at radius 1 is 1.36 bits per heavy atom. The summed E-state index contributed by atoms with van der Waals surface area (Å²) in [7, 11) is 2.12. The largest absolute Gasteiger partial charge is 0.508 e. The van der Waals surface area contributed by atoms with Crippen LogP contribution in [0.15, 0.2) is 16.9 Å². The molecule has 2 atom stereocenters. The first-order chi connectivity index (χ1) is 10.3. The van der Waals surface area contributed by atoms with Crippen LogP contribution in [0, 0.1) is 18.3 Å². The fraction of sp³-hybridized carbons (Fsp3) is 0.625. The number of amides is 1. The van der Waals surface area contributed by atoms with E-state index in [1.807, 2.05) is 4.90 Å². The molecule has 120 valence electrons. The third-order valence-corrected chi connectivity index (χ3v) is 5.11. The van der Waals surface area contributed by atoms with E-state index >= 15 is 0 Å². The summed E-state index contributed by atoms with van der Waals surface area (Å²) in [6.45, 7) is 7.58. The molecule has 0 bridgehead atoms. The number of fused-ring (bicyclic) bond motifs is 1. The molecule has 0 saturated carbocycles. The molecule has 2 aliphatic rings. The summed E-state index contributed by atoms with van der Waals surface area (Å²) >= 11 is 0. The quantitative estimate of drug-likeness (QED) is 0.852. The highest BCUT2D eigenvalue weighted by Gasteiger charge is 2.49. The van der Waals surface area contributed by atoms with Crippen LogP contribution in [0.5, 0.6) is 5.75 Å². The summed E-state index contributed by atoms with van der Waals surface area (Å²) in [6, 6.07) is 2.65. The van der Waals surface area contributed by atoms with Gasteiger partial charge < -0.3 is 19.5 Å². The number of rotatable bonds is 2. The van der Waals surface area contributed by atoms with Crippen molar-refractivity contribution in [1.29, 1.82) is 0 Å². The van der Waals surface area contributed by atoms with Gasteiger partial charge in [-0.15, -0.1) is 0 Å². The molecule has 3 rings (SSSR count). The lowest BCUT2D eigenvalue weighted by Gasteiger charge is -2.24. The van der Waals surface area contributed by atoms with Crippen LogP contribution in [0.1, 0.15) is 12.6 Å². The SMILES string of the molecule is Cc1cc(O)cc(=O)n1CC(=O)N1C[C@H]2CN(C)C[C@@]2(C)C1. The lowest BCUT2D eigenvalue weighted by Crippen LogP contribution is -2.38. The number of pyridine rings is 1. The molecule has 6 heteroatoms. The monoisotopic (exact) mass is 305 g/mol. The Morgan fingerprint density at radius 2 is 2.09 bits per heavy atom. The van der Waals surface area contributed by atoms with E-state index in [0.717, 1.165) is 32.2 Å². The first-order valence-electron chi connectivity index (χ1n) is 7.65. The van der Waals surface area contributed by atoms with Crippen molar-refractivity contribution >= 4 is 5.91 Å². The predicted molar refractivity (Wildman–Crippen MR) is 82.8 cm³/mol. The normalized spacial score (nSPS) is 28.1. The maximum absolute atomic E-state index is 12.5. The first-order valence-corrected chi connectivity index (χ1v) is 7.65. The van der Waals surface area contributed by atoms with Crippen LogP contribution in [0.4, 0.5) is 0 Å². The number of likely N-dealkylation sites (tertiary alicyclic amines) is 2. The molecule has 1 N–H and O–H groups in total. The second-order valence-corrected chi connectivity index (χ2v) is 7.10. The van der Waals surface area contributed by atoms with Crippen molar-refractivity contribution < 1.29 is 9.90 Å². The van der Waals surface area contributed by atoms with Gasteiger partial charge in [-0.05, 0) is 26.0 Å². The van der Waals surface area contributed by atoms with Crippen molar-refractivity contribution in [2.24, 2.45) is 11.3 Å². The van der Waals surface area contributed by atoms with E-state index in [9.17, 15) is 14.7 Å². The second-order valence-electron chi connectivity index (χ2n) is 7.10. The number of hydrogen-bond acceptors (Lipinski definition) is 4. The van der Waals surface area contributed by atoms with Gasteiger partial charge >= 0.3 is 0 Å². The highest BCUT2D eigenvalue weighted by Crippen LogP contribution is 2.41. The second kappa shape index (κ2) is 5.12. The van der Waals surface area contributed by atoms with Gasteiger partial charge in [-0.2, -0.15) is 0 Å². The zero-order valence-corrected chi connectivity index (χ0v) is 13.4. The Hall–Kier alpha value is -1.82. The summed E-state index contributed by atoms with van der Waals surface area (Å²) in [5, 5.41) is 9.42. The number of aromatic nitrogens is 1. The van der Waals surface area contributed by atoms with Gasteiger partial charge in [0.25, 0.3) is 5.56 Å². The fourth-order valence-corrected chi connectivity index (χ4v) is 3.97. The summed E-state index contributed by atoms with van der Waals surface area (Å²) in [4.78, 5) is 28.7. The smallest absolute Gasteiger partial charge is 0.254 e. The summed E-state index contributed by atoms with van der Waals surface area (Å²) in [5.41, 5.74) is 0.430. The molecule has 2 aliphatic heterocycles. The van der Waals surface area contributed by atoms with E-state index in [1.165, 1.54) is 10.6 Å². The Morgan fingerprint density at radius 3 is 2.73 bits per heavy atom. The van der Waals surface area contributed by atoms with E-state index in [2.05, 4.69) is 18.9 Å². The van der Waals surface area contributed by atoms with Gasteiger partial charge in [0.1, 0.15) is 12.3 Å². The Kier molecular flexibility index (Phi) is 3.51. The molecule has 1 aromatic heterocycles. The molecular weight excluding hydrogens is 282 g/mol. The minimum absolute atomic E-state index is 0.0193. The lowest BCUT2D eigenvalue weighted by molar-refractivity contribution is -0.131. The van der Waals surface area contributed by atoms with Gasteiger partial charge in [-0.3, -0.25) is 9.59 Å². The van der Waals surface area contributed by atoms with Gasteiger partial charge in [-0.1, -0.05) is 6.92 Å². The Balaban J connectivity index is 1.74. The van der Waals surface area contributed by atoms with Crippen molar-refractivity contribution in [3.63, 3.8) is 0 Å². The lowest BCUT2D eigenvalue weighted by atomic mass is 9.83. The van der Waals surface area contributed by atoms with E-state index < -0.39 is 0 Å². The molecule has 1 amide bonds. The number of aromatic hydroxyl groups is 1. The van der Waals surface area contributed by atoms with Gasteiger partial charge in [0.2, 0.25) is 5.91 Å². The van der Waals surface area contributed by atoms with Crippen LogP contribution in [0.3, 0.4) is 0 Å². The minimum atomic E-state index is -0.337. The number of carbonyl (C=O) groups excluding carboxylic acids is 1. The topological polar surface area (TPSA) is 65.8 Å². The van der Waals surface area contributed by atoms with Crippen LogP contribution >= 0.6 is 0 Å². The third kappa shape index (κ3) is 2.52. The molecule has 3 heterocycles. The molecule has 2 saturated heterocycles. The van der Waals surface area contributed by atoms with Crippen LogP contribution < -0.4 is 5.56 Å². The third-order valence-electron chi connectivity index (χ3n) is 5.11. The maximum atomic E-state index is 12.5. The summed E-state index contributed by atoms with van der Waals surface area (Å²) < 4.78 is 1.42. The zero-order chi connectivity index (χ0) is 16.1.